The van der Waals surface area contributed by atoms with Crippen molar-refractivity contribution >= 4 is 12.2 Å². The van der Waals surface area contributed by atoms with Crippen LogP contribution in [0.25, 0.3) is 0 Å². The first-order valence-corrected chi connectivity index (χ1v) is 12.4. The second-order valence-corrected chi connectivity index (χ2v) is 10.6. The topological polar surface area (TPSA) is 71.1 Å². The van der Waals surface area contributed by atoms with Crippen molar-refractivity contribution < 1.29 is 19.1 Å². The minimum absolute atomic E-state index is 0.189. The number of carbonyl (C=O) groups excluding carboxylic acids is 2. The van der Waals surface area contributed by atoms with Gasteiger partial charge in [-0.15, -0.1) is 0 Å². The number of ether oxygens (including phenoxy) is 2. The summed E-state index contributed by atoms with van der Waals surface area (Å²) in [4.78, 5) is 28.7. The number of carbonyl (C=O) groups is 2. The van der Waals surface area contributed by atoms with Crippen LogP contribution in [0.15, 0.2) is 30.3 Å². The van der Waals surface area contributed by atoms with Crippen molar-refractivity contribution in [3.8, 4) is 0 Å². The fraction of sp³-hybridized carbons (Fsp3) is 0.692. The molecule has 1 aromatic carbocycles. The molecule has 1 aliphatic carbocycles. The summed E-state index contributed by atoms with van der Waals surface area (Å²) < 4.78 is 10.8. The zero-order valence-electron chi connectivity index (χ0n) is 20.8. The van der Waals surface area contributed by atoms with Crippen molar-refractivity contribution in [1.29, 1.82) is 0 Å². The molecule has 0 bridgehead atoms. The third-order valence-electron chi connectivity index (χ3n) is 6.72. The van der Waals surface area contributed by atoms with Gasteiger partial charge in [0.05, 0.1) is 0 Å². The van der Waals surface area contributed by atoms with Crippen molar-refractivity contribution in [3.63, 3.8) is 0 Å². The van der Waals surface area contributed by atoms with E-state index in [2.05, 4.69) is 17.1 Å². The Balaban J connectivity index is 1.36. The van der Waals surface area contributed by atoms with E-state index in [0.29, 0.717) is 18.0 Å². The summed E-state index contributed by atoms with van der Waals surface area (Å²) in [5.41, 5.74) is 0.894. The zero-order chi connectivity index (χ0) is 23.9. The number of rotatable bonds is 8. The number of hydrogen-bond acceptors (Lipinski definition) is 5. The van der Waals surface area contributed by atoms with Crippen molar-refractivity contribution in [3.05, 3.63) is 35.9 Å². The summed E-state index contributed by atoms with van der Waals surface area (Å²) in [5.74, 6) is 0. The predicted octanol–water partition coefficient (Wildman–Crippen LogP) is 4.80. The van der Waals surface area contributed by atoms with Crippen LogP contribution < -0.4 is 5.32 Å². The summed E-state index contributed by atoms with van der Waals surface area (Å²) in [6.07, 6.45) is 4.98. The molecule has 1 aliphatic heterocycles. The lowest BCUT2D eigenvalue weighted by atomic mass is 9.60. The van der Waals surface area contributed by atoms with Crippen LogP contribution in [0.5, 0.6) is 0 Å². The standard InChI is InChI=1S/C26H41N3O4/c1-5-14-28(17-13-27-23(30)32-20-21-9-7-6-8-10-21)22-18-26(19-22)11-15-29(16-12-26)24(31)33-25(2,3)4/h6-10,22H,5,11-20H2,1-4H3,(H,27,30). The number of benzene rings is 1. The second-order valence-electron chi connectivity index (χ2n) is 10.6. The monoisotopic (exact) mass is 459 g/mol. The molecule has 1 aromatic rings. The van der Waals surface area contributed by atoms with Crippen LogP contribution in [0.1, 0.15) is 65.4 Å². The highest BCUT2D eigenvalue weighted by atomic mass is 16.6. The summed E-state index contributed by atoms with van der Waals surface area (Å²) >= 11 is 0. The average Bonchev–Trinajstić information content (AvgIpc) is 2.75. The summed E-state index contributed by atoms with van der Waals surface area (Å²) in [6, 6.07) is 10.3. The molecule has 1 heterocycles. The van der Waals surface area contributed by atoms with E-state index in [0.717, 1.165) is 51.0 Å². The molecule has 0 aromatic heterocycles. The highest BCUT2D eigenvalue weighted by molar-refractivity contribution is 5.68. The van der Waals surface area contributed by atoms with Crippen molar-refractivity contribution in [2.24, 2.45) is 5.41 Å². The van der Waals surface area contributed by atoms with E-state index >= 15 is 0 Å². The zero-order valence-corrected chi connectivity index (χ0v) is 20.8. The molecule has 2 amide bonds. The molecule has 1 saturated carbocycles. The number of nitrogens with zero attached hydrogens (tertiary/aromatic N) is 2. The van der Waals surface area contributed by atoms with E-state index in [1.807, 2.05) is 56.0 Å². The molecule has 184 valence electrons. The molecule has 3 rings (SSSR count). The molecule has 7 heteroatoms. The Hall–Kier alpha value is -2.28. The molecule has 0 radical (unpaired) electrons. The van der Waals surface area contributed by atoms with Crippen LogP contribution in [0, 0.1) is 5.41 Å². The number of likely N-dealkylation sites (tertiary alicyclic amines) is 1. The van der Waals surface area contributed by atoms with Gasteiger partial charge in [-0.05, 0) is 70.4 Å². The highest BCUT2D eigenvalue weighted by Crippen LogP contribution is 2.51. The number of nitrogens with one attached hydrogen (secondary N) is 1. The van der Waals surface area contributed by atoms with Crippen LogP contribution in [0.4, 0.5) is 9.59 Å². The first-order valence-electron chi connectivity index (χ1n) is 12.4. The number of amides is 2. The normalized spacial score (nSPS) is 18.2. The largest absolute Gasteiger partial charge is 0.445 e. The lowest BCUT2D eigenvalue weighted by Crippen LogP contribution is -2.56. The maximum atomic E-state index is 12.3. The molecule has 33 heavy (non-hydrogen) atoms. The van der Waals surface area contributed by atoms with E-state index in [1.165, 1.54) is 12.8 Å². The number of hydrogen-bond donors (Lipinski definition) is 1. The summed E-state index contributed by atoms with van der Waals surface area (Å²) in [5, 5.41) is 2.89. The van der Waals surface area contributed by atoms with Gasteiger partial charge in [0.2, 0.25) is 0 Å². The molecular weight excluding hydrogens is 418 g/mol. The van der Waals surface area contributed by atoms with Gasteiger partial charge in [-0.3, -0.25) is 4.90 Å². The minimum Gasteiger partial charge on any atom is -0.445 e. The van der Waals surface area contributed by atoms with Crippen LogP contribution in [-0.2, 0) is 16.1 Å². The van der Waals surface area contributed by atoms with Gasteiger partial charge in [0.15, 0.2) is 0 Å². The van der Waals surface area contributed by atoms with Crippen molar-refractivity contribution in [2.75, 3.05) is 32.7 Å². The SMILES string of the molecule is CCCN(CCNC(=O)OCc1ccccc1)C1CC2(CCN(C(=O)OC(C)(C)C)CC2)C1. The van der Waals surface area contributed by atoms with Gasteiger partial charge in [0.1, 0.15) is 12.2 Å². The van der Waals surface area contributed by atoms with Crippen LogP contribution >= 0.6 is 0 Å². The first kappa shape index (κ1) is 25.3. The molecular formula is C26H41N3O4. The third kappa shape index (κ3) is 7.63. The molecule has 2 fully saturated rings. The predicted molar refractivity (Wildman–Crippen MR) is 129 cm³/mol. The Bertz CT molecular complexity index is 761. The Labute approximate surface area is 198 Å². The lowest BCUT2D eigenvalue weighted by Gasteiger charge is -2.55. The van der Waals surface area contributed by atoms with Crippen LogP contribution in [0.3, 0.4) is 0 Å². The Morgan fingerprint density at radius 3 is 2.39 bits per heavy atom. The minimum atomic E-state index is -0.448. The van der Waals surface area contributed by atoms with Crippen molar-refractivity contribution in [1.82, 2.24) is 15.1 Å². The molecule has 1 N–H and O–H groups in total. The van der Waals surface area contributed by atoms with Crippen LogP contribution in [0.2, 0.25) is 0 Å². The van der Waals surface area contributed by atoms with E-state index < -0.39 is 5.60 Å². The van der Waals surface area contributed by atoms with Gasteiger partial charge >= 0.3 is 12.2 Å². The lowest BCUT2D eigenvalue weighted by molar-refractivity contribution is -0.0475. The van der Waals surface area contributed by atoms with Gasteiger partial charge in [-0.2, -0.15) is 0 Å². The van der Waals surface area contributed by atoms with E-state index in [-0.39, 0.29) is 18.8 Å². The maximum absolute atomic E-state index is 12.3. The van der Waals surface area contributed by atoms with Crippen LogP contribution in [-0.4, -0.2) is 66.4 Å². The van der Waals surface area contributed by atoms with Gasteiger partial charge < -0.3 is 19.7 Å². The smallest absolute Gasteiger partial charge is 0.410 e. The Morgan fingerprint density at radius 1 is 1.12 bits per heavy atom. The van der Waals surface area contributed by atoms with E-state index in [1.54, 1.807) is 0 Å². The first-order chi connectivity index (χ1) is 15.7. The molecule has 1 saturated heterocycles. The van der Waals surface area contributed by atoms with Crippen molar-refractivity contribution in [2.45, 2.75) is 78.0 Å². The maximum Gasteiger partial charge on any atom is 0.410 e. The Kier molecular flexibility index (Phi) is 8.63. The quantitative estimate of drug-likeness (QED) is 0.604. The highest BCUT2D eigenvalue weighted by Gasteiger charge is 2.48. The van der Waals surface area contributed by atoms with Gasteiger partial charge in [0, 0.05) is 32.2 Å². The molecule has 7 nitrogen and oxygen atoms in total. The van der Waals surface area contributed by atoms with Gasteiger partial charge in [-0.25, -0.2) is 9.59 Å². The molecule has 0 atom stereocenters. The average molecular weight is 460 g/mol. The van der Waals surface area contributed by atoms with E-state index in [9.17, 15) is 9.59 Å². The molecule has 1 spiro atoms. The number of alkyl carbamates (subject to hydrolysis) is 1. The van der Waals surface area contributed by atoms with Gasteiger partial charge in [0.25, 0.3) is 0 Å². The van der Waals surface area contributed by atoms with Gasteiger partial charge in [-0.1, -0.05) is 37.3 Å². The fourth-order valence-corrected chi connectivity index (χ4v) is 4.94. The summed E-state index contributed by atoms with van der Waals surface area (Å²) in [6.45, 7) is 12.2. The molecule has 0 unspecified atom stereocenters. The Morgan fingerprint density at radius 2 is 1.79 bits per heavy atom. The van der Waals surface area contributed by atoms with E-state index in [4.69, 9.17) is 9.47 Å². The number of piperidine rings is 1. The summed E-state index contributed by atoms with van der Waals surface area (Å²) in [7, 11) is 0. The fourth-order valence-electron chi connectivity index (χ4n) is 4.94. The second kappa shape index (κ2) is 11.2. The third-order valence-corrected chi connectivity index (χ3v) is 6.72. The molecule has 2 aliphatic rings.